The Morgan fingerprint density at radius 1 is 1.12 bits per heavy atom. The molecule has 2 amide bonds. The molecule has 2 rings (SSSR count). The van der Waals surface area contributed by atoms with Gasteiger partial charge in [-0.2, -0.15) is 0 Å². The third kappa shape index (κ3) is 5.87. The summed E-state index contributed by atoms with van der Waals surface area (Å²) >= 11 is 11.8. The summed E-state index contributed by atoms with van der Waals surface area (Å²) in [6.45, 7) is 6.84. The molecule has 1 aromatic rings. The van der Waals surface area contributed by atoms with Crippen molar-refractivity contribution in [1.29, 1.82) is 0 Å². The molecule has 0 radical (unpaired) electrons. The number of carbonyl (C=O) groups excluding carboxylic acids is 2. The van der Waals surface area contributed by atoms with Gasteiger partial charge in [-0.1, -0.05) is 29.6 Å². The lowest BCUT2D eigenvalue weighted by Crippen LogP contribution is -2.54. The van der Waals surface area contributed by atoms with Crippen LogP contribution in [0.2, 0.25) is 10.0 Å². The highest BCUT2D eigenvalue weighted by atomic mass is 35.5. The van der Waals surface area contributed by atoms with Crippen LogP contribution in [-0.2, 0) is 4.79 Å². The minimum atomic E-state index is -0.396. The van der Waals surface area contributed by atoms with Crippen LogP contribution in [0, 0.1) is 0 Å². The van der Waals surface area contributed by atoms with Crippen molar-refractivity contribution in [3.05, 3.63) is 33.8 Å². The molecule has 138 valence electrons. The highest BCUT2D eigenvalue weighted by Crippen LogP contribution is 2.21. The van der Waals surface area contributed by atoms with Gasteiger partial charge in [0.2, 0.25) is 5.91 Å². The Morgan fingerprint density at radius 3 is 2.44 bits per heavy atom. The number of benzene rings is 1. The summed E-state index contributed by atoms with van der Waals surface area (Å²) in [4.78, 5) is 26.6. The Balaban J connectivity index is 1.79. The number of piperidine rings is 1. The number of carbonyl (C=O) groups is 2. The SMILES string of the molecule is CC(C)(CNC(=O)CNC(=O)c1ccc(Cl)cc1Cl)N1CCCCC1. The van der Waals surface area contributed by atoms with Gasteiger partial charge in [0, 0.05) is 17.1 Å². The third-order valence-electron chi connectivity index (χ3n) is 4.52. The number of rotatable bonds is 6. The van der Waals surface area contributed by atoms with Crippen molar-refractivity contribution in [2.75, 3.05) is 26.2 Å². The molecule has 1 aliphatic heterocycles. The van der Waals surface area contributed by atoms with Gasteiger partial charge in [0.25, 0.3) is 5.91 Å². The van der Waals surface area contributed by atoms with E-state index in [0.29, 0.717) is 17.1 Å². The van der Waals surface area contributed by atoms with Crippen LogP contribution in [0.1, 0.15) is 43.5 Å². The minimum absolute atomic E-state index is 0.0894. The van der Waals surface area contributed by atoms with Crippen LogP contribution >= 0.6 is 23.2 Å². The van der Waals surface area contributed by atoms with Gasteiger partial charge in [-0.05, 0) is 58.0 Å². The molecule has 2 N–H and O–H groups in total. The zero-order valence-electron chi connectivity index (χ0n) is 14.7. The Morgan fingerprint density at radius 2 is 1.80 bits per heavy atom. The quantitative estimate of drug-likeness (QED) is 0.790. The highest BCUT2D eigenvalue weighted by molar-refractivity contribution is 6.36. The normalized spacial score (nSPS) is 15.7. The van der Waals surface area contributed by atoms with E-state index < -0.39 is 5.91 Å². The molecule has 1 fully saturated rings. The molecular weight excluding hydrogens is 361 g/mol. The first-order valence-electron chi connectivity index (χ1n) is 8.54. The van der Waals surface area contributed by atoms with E-state index in [0.717, 1.165) is 13.1 Å². The second kappa shape index (κ2) is 8.88. The van der Waals surface area contributed by atoms with Crippen LogP contribution in [0.5, 0.6) is 0 Å². The van der Waals surface area contributed by atoms with E-state index >= 15 is 0 Å². The summed E-state index contributed by atoms with van der Waals surface area (Å²) in [6, 6.07) is 4.63. The second-order valence-electron chi connectivity index (χ2n) is 6.94. The number of amides is 2. The number of hydrogen-bond donors (Lipinski definition) is 2. The molecule has 1 heterocycles. The van der Waals surface area contributed by atoms with E-state index in [2.05, 4.69) is 29.4 Å². The lowest BCUT2D eigenvalue weighted by molar-refractivity contribution is -0.120. The molecule has 0 spiro atoms. The van der Waals surface area contributed by atoms with Gasteiger partial charge in [-0.15, -0.1) is 0 Å². The Kier molecular flexibility index (Phi) is 7.11. The van der Waals surface area contributed by atoms with Crippen molar-refractivity contribution in [2.24, 2.45) is 0 Å². The third-order valence-corrected chi connectivity index (χ3v) is 5.06. The van der Waals surface area contributed by atoms with Gasteiger partial charge in [-0.25, -0.2) is 0 Å². The van der Waals surface area contributed by atoms with Crippen molar-refractivity contribution in [1.82, 2.24) is 15.5 Å². The zero-order valence-corrected chi connectivity index (χ0v) is 16.2. The fourth-order valence-corrected chi connectivity index (χ4v) is 3.41. The first-order valence-corrected chi connectivity index (χ1v) is 9.30. The van der Waals surface area contributed by atoms with Crippen LogP contribution in [0.15, 0.2) is 18.2 Å². The Hall–Kier alpha value is -1.30. The summed E-state index contributed by atoms with van der Waals surface area (Å²) in [5.74, 6) is -0.615. The molecule has 25 heavy (non-hydrogen) atoms. The van der Waals surface area contributed by atoms with Crippen molar-refractivity contribution in [3.8, 4) is 0 Å². The summed E-state index contributed by atoms with van der Waals surface area (Å²) < 4.78 is 0. The average molecular weight is 386 g/mol. The molecule has 0 saturated carbocycles. The number of hydrogen-bond acceptors (Lipinski definition) is 3. The molecule has 7 heteroatoms. The smallest absolute Gasteiger partial charge is 0.253 e. The molecule has 0 aliphatic carbocycles. The van der Waals surface area contributed by atoms with Gasteiger partial charge >= 0.3 is 0 Å². The molecule has 1 aromatic carbocycles. The zero-order chi connectivity index (χ0) is 18.4. The molecule has 5 nitrogen and oxygen atoms in total. The molecule has 0 bridgehead atoms. The largest absolute Gasteiger partial charge is 0.353 e. The maximum Gasteiger partial charge on any atom is 0.253 e. The van der Waals surface area contributed by atoms with E-state index in [9.17, 15) is 9.59 Å². The predicted molar refractivity (Wildman–Crippen MR) is 101 cm³/mol. The van der Waals surface area contributed by atoms with Crippen molar-refractivity contribution in [2.45, 2.75) is 38.6 Å². The average Bonchev–Trinajstić information content (AvgIpc) is 2.58. The second-order valence-corrected chi connectivity index (χ2v) is 7.79. The van der Waals surface area contributed by atoms with Crippen molar-refractivity contribution in [3.63, 3.8) is 0 Å². The van der Waals surface area contributed by atoms with E-state index in [-0.39, 0.29) is 23.0 Å². The van der Waals surface area contributed by atoms with Crippen LogP contribution in [0.3, 0.4) is 0 Å². The van der Waals surface area contributed by atoms with Crippen LogP contribution in [0.25, 0.3) is 0 Å². The first kappa shape index (κ1) is 20.0. The molecule has 1 aliphatic rings. The Labute approximate surface area is 159 Å². The lowest BCUT2D eigenvalue weighted by atomic mass is 9.98. The molecule has 0 unspecified atom stereocenters. The molecular formula is C18H25Cl2N3O2. The predicted octanol–water partition coefficient (Wildman–Crippen LogP) is 3.10. The summed E-state index contributed by atoms with van der Waals surface area (Å²) in [7, 11) is 0. The topological polar surface area (TPSA) is 61.4 Å². The van der Waals surface area contributed by atoms with E-state index in [1.165, 1.54) is 31.4 Å². The lowest BCUT2D eigenvalue weighted by Gasteiger charge is -2.41. The van der Waals surface area contributed by atoms with E-state index in [4.69, 9.17) is 23.2 Å². The fraction of sp³-hybridized carbons (Fsp3) is 0.556. The van der Waals surface area contributed by atoms with Gasteiger partial charge < -0.3 is 10.6 Å². The van der Waals surface area contributed by atoms with E-state index in [1.807, 2.05) is 0 Å². The molecule has 1 saturated heterocycles. The standard InChI is InChI=1S/C18H25Cl2N3O2/c1-18(2,23-8-4-3-5-9-23)12-22-16(24)11-21-17(25)14-7-6-13(19)10-15(14)20/h6-7,10H,3-5,8-9,11-12H2,1-2H3,(H,21,25)(H,22,24). The van der Waals surface area contributed by atoms with Gasteiger partial charge in [0.1, 0.15) is 0 Å². The first-order chi connectivity index (χ1) is 11.8. The van der Waals surface area contributed by atoms with Crippen molar-refractivity contribution < 1.29 is 9.59 Å². The molecule has 0 aromatic heterocycles. The monoisotopic (exact) mass is 385 g/mol. The summed E-state index contributed by atoms with van der Waals surface area (Å²) in [5.41, 5.74) is 0.201. The Bertz CT molecular complexity index is 629. The summed E-state index contributed by atoms with van der Waals surface area (Å²) in [5, 5.41) is 6.20. The number of nitrogens with zero attached hydrogens (tertiary/aromatic N) is 1. The van der Waals surface area contributed by atoms with Crippen molar-refractivity contribution >= 4 is 35.0 Å². The number of nitrogens with one attached hydrogen (secondary N) is 2. The highest BCUT2D eigenvalue weighted by Gasteiger charge is 2.28. The number of likely N-dealkylation sites (tertiary alicyclic amines) is 1. The number of halogens is 2. The van der Waals surface area contributed by atoms with Crippen LogP contribution < -0.4 is 10.6 Å². The summed E-state index contributed by atoms with van der Waals surface area (Å²) in [6.07, 6.45) is 3.68. The molecule has 0 atom stereocenters. The van der Waals surface area contributed by atoms with Crippen LogP contribution in [0.4, 0.5) is 0 Å². The fourth-order valence-electron chi connectivity index (χ4n) is 2.92. The maximum absolute atomic E-state index is 12.1. The minimum Gasteiger partial charge on any atom is -0.353 e. The van der Waals surface area contributed by atoms with Crippen LogP contribution in [-0.4, -0.2) is 48.4 Å². The van der Waals surface area contributed by atoms with Gasteiger partial charge in [0.15, 0.2) is 0 Å². The van der Waals surface area contributed by atoms with Gasteiger partial charge in [0.05, 0.1) is 17.1 Å². The van der Waals surface area contributed by atoms with E-state index in [1.54, 1.807) is 6.07 Å². The van der Waals surface area contributed by atoms with Gasteiger partial charge in [-0.3, -0.25) is 14.5 Å². The maximum atomic E-state index is 12.1.